The van der Waals surface area contributed by atoms with Crippen molar-refractivity contribution >= 4 is 5.91 Å². The lowest BCUT2D eigenvalue weighted by Crippen LogP contribution is -2.44. The van der Waals surface area contributed by atoms with E-state index in [9.17, 15) is 4.79 Å². The smallest absolute Gasteiger partial charge is 0.225 e. The second-order valence-electron chi connectivity index (χ2n) is 5.69. The Kier molecular flexibility index (Phi) is 4.78. The third kappa shape index (κ3) is 3.38. The molecule has 0 atom stereocenters. The second kappa shape index (κ2) is 6.37. The summed E-state index contributed by atoms with van der Waals surface area (Å²) in [6.07, 6.45) is 3.62. The largest absolute Gasteiger partial charge is 0.378 e. The molecule has 0 bridgehead atoms. The maximum absolute atomic E-state index is 12.3. The van der Waals surface area contributed by atoms with Crippen LogP contribution >= 0.6 is 0 Å². The summed E-state index contributed by atoms with van der Waals surface area (Å²) in [5.41, 5.74) is 7.64. The van der Waals surface area contributed by atoms with Gasteiger partial charge in [-0.15, -0.1) is 0 Å². The van der Waals surface area contributed by atoms with E-state index in [1.807, 2.05) is 25.2 Å². The van der Waals surface area contributed by atoms with E-state index in [0.29, 0.717) is 19.5 Å². The molecule has 1 aromatic rings. The van der Waals surface area contributed by atoms with E-state index < -0.39 is 0 Å². The van der Waals surface area contributed by atoms with E-state index in [-0.39, 0.29) is 11.5 Å². The predicted molar refractivity (Wildman–Crippen MR) is 79.0 cm³/mol. The minimum Gasteiger partial charge on any atom is -0.378 e. The molecule has 20 heavy (non-hydrogen) atoms. The molecule has 0 aliphatic heterocycles. The van der Waals surface area contributed by atoms with E-state index in [0.717, 1.165) is 30.4 Å². The summed E-state index contributed by atoms with van der Waals surface area (Å²) >= 11 is 0. The van der Waals surface area contributed by atoms with Gasteiger partial charge in [0.2, 0.25) is 5.91 Å². The minimum absolute atomic E-state index is 0.143. The van der Waals surface area contributed by atoms with Crippen LogP contribution in [0.3, 0.4) is 0 Å². The maximum Gasteiger partial charge on any atom is 0.225 e. The summed E-state index contributed by atoms with van der Waals surface area (Å²) in [6.45, 7) is 1.14. The summed E-state index contributed by atoms with van der Waals surface area (Å²) in [5, 5.41) is 0. The summed E-state index contributed by atoms with van der Waals surface area (Å²) in [4.78, 5) is 14.1. The Morgan fingerprint density at radius 1 is 1.40 bits per heavy atom. The van der Waals surface area contributed by atoms with Crippen molar-refractivity contribution in [2.45, 2.75) is 44.4 Å². The van der Waals surface area contributed by atoms with Gasteiger partial charge in [-0.25, -0.2) is 0 Å². The van der Waals surface area contributed by atoms with E-state index in [4.69, 9.17) is 10.5 Å². The van der Waals surface area contributed by atoms with Crippen molar-refractivity contribution in [1.82, 2.24) is 4.90 Å². The monoisotopic (exact) mass is 276 g/mol. The van der Waals surface area contributed by atoms with Crippen LogP contribution in [0.4, 0.5) is 0 Å². The minimum atomic E-state index is -0.204. The van der Waals surface area contributed by atoms with Gasteiger partial charge in [0.15, 0.2) is 0 Å². The molecule has 1 aliphatic carbocycles. The van der Waals surface area contributed by atoms with Crippen molar-refractivity contribution in [3.05, 3.63) is 35.4 Å². The zero-order chi connectivity index (χ0) is 14.6. The number of nitrogens with zero attached hydrogens (tertiary/aromatic N) is 1. The highest BCUT2D eigenvalue weighted by atomic mass is 16.5. The van der Waals surface area contributed by atoms with Gasteiger partial charge in [0.05, 0.1) is 12.0 Å². The number of hydrogen-bond donors (Lipinski definition) is 1. The van der Waals surface area contributed by atoms with E-state index in [1.165, 1.54) is 0 Å². The molecule has 0 radical (unpaired) electrons. The summed E-state index contributed by atoms with van der Waals surface area (Å²) in [6, 6.07) is 8.07. The number of ether oxygens (including phenoxy) is 1. The van der Waals surface area contributed by atoms with Gasteiger partial charge in [-0.05, 0) is 30.4 Å². The first kappa shape index (κ1) is 15.0. The van der Waals surface area contributed by atoms with Crippen LogP contribution < -0.4 is 5.73 Å². The lowest BCUT2D eigenvalue weighted by Gasteiger charge is -2.40. The number of amides is 1. The van der Waals surface area contributed by atoms with Gasteiger partial charge in [0, 0.05) is 27.2 Å². The topological polar surface area (TPSA) is 55.6 Å². The van der Waals surface area contributed by atoms with Gasteiger partial charge < -0.3 is 15.4 Å². The zero-order valence-electron chi connectivity index (χ0n) is 12.4. The number of benzene rings is 1. The average molecular weight is 276 g/mol. The molecule has 110 valence electrons. The van der Waals surface area contributed by atoms with Crippen molar-refractivity contribution < 1.29 is 9.53 Å². The van der Waals surface area contributed by atoms with Crippen LogP contribution in [0.25, 0.3) is 0 Å². The molecule has 4 heteroatoms. The molecule has 0 spiro atoms. The van der Waals surface area contributed by atoms with Gasteiger partial charge in [-0.3, -0.25) is 4.79 Å². The fourth-order valence-electron chi connectivity index (χ4n) is 2.65. The van der Waals surface area contributed by atoms with Crippen LogP contribution in [0.1, 0.15) is 36.8 Å². The molecule has 1 amide bonds. The molecule has 1 saturated carbocycles. The fraction of sp³-hybridized carbons (Fsp3) is 0.562. The van der Waals surface area contributed by atoms with E-state index in [1.54, 1.807) is 12.0 Å². The van der Waals surface area contributed by atoms with Crippen molar-refractivity contribution in [2.24, 2.45) is 5.73 Å². The first-order valence-corrected chi connectivity index (χ1v) is 7.15. The highest BCUT2D eigenvalue weighted by molar-refractivity contribution is 5.77. The van der Waals surface area contributed by atoms with Gasteiger partial charge in [-0.2, -0.15) is 0 Å². The molecule has 1 fully saturated rings. The average Bonchev–Trinajstić information content (AvgIpc) is 2.42. The maximum atomic E-state index is 12.3. The molecule has 0 saturated heterocycles. The normalized spacial score (nSPS) is 16.6. The van der Waals surface area contributed by atoms with Crippen molar-refractivity contribution in [2.75, 3.05) is 14.2 Å². The molecular weight excluding hydrogens is 252 g/mol. The third-order valence-corrected chi connectivity index (χ3v) is 4.24. The Hall–Kier alpha value is -1.39. The van der Waals surface area contributed by atoms with Crippen molar-refractivity contribution in [3.8, 4) is 0 Å². The molecule has 4 nitrogen and oxygen atoms in total. The van der Waals surface area contributed by atoms with Gasteiger partial charge in [0.25, 0.3) is 0 Å². The third-order valence-electron chi connectivity index (χ3n) is 4.24. The van der Waals surface area contributed by atoms with Crippen molar-refractivity contribution in [1.29, 1.82) is 0 Å². The van der Waals surface area contributed by atoms with Crippen LogP contribution in [0.15, 0.2) is 24.3 Å². The first-order chi connectivity index (χ1) is 9.58. The molecule has 0 aromatic heterocycles. The van der Waals surface area contributed by atoms with Crippen LogP contribution in [0, 0.1) is 0 Å². The summed E-state index contributed by atoms with van der Waals surface area (Å²) in [5.74, 6) is 0.143. The lowest BCUT2D eigenvalue weighted by atomic mass is 9.77. The lowest BCUT2D eigenvalue weighted by molar-refractivity contribution is -0.143. The summed E-state index contributed by atoms with van der Waals surface area (Å²) < 4.78 is 5.52. The number of methoxy groups -OCH3 is 1. The first-order valence-electron chi connectivity index (χ1n) is 7.15. The zero-order valence-corrected chi connectivity index (χ0v) is 12.4. The number of nitrogens with two attached hydrogens (primary N) is 1. The highest BCUT2D eigenvalue weighted by Crippen LogP contribution is 2.38. The standard InChI is InChI=1S/C16H24N2O2/c1-18(12-14-6-3-5-13(9-14)11-17)15(19)10-16(20-2)7-4-8-16/h3,5-6,9H,4,7-8,10-12,17H2,1-2H3. The Labute approximate surface area is 120 Å². The van der Waals surface area contributed by atoms with E-state index >= 15 is 0 Å². The highest BCUT2D eigenvalue weighted by Gasteiger charge is 2.39. The Morgan fingerprint density at radius 2 is 2.10 bits per heavy atom. The SMILES string of the molecule is COC1(CC(=O)N(C)Cc2cccc(CN)c2)CCC1. The Morgan fingerprint density at radius 3 is 2.65 bits per heavy atom. The van der Waals surface area contributed by atoms with Gasteiger partial charge >= 0.3 is 0 Å². The molecule has 2 N–H and O–H groups in total. The number of carbonyl (C=O) groups excluding carboxylic acids is 1. The van der Waals surface area contributed by atoms with Crippen molar-refractivity contribution in [3.63, 3.8) is 0 Å². The van der Waals surface area contributed by atoms with Crippen LogP contribution in [0.5, 0.6) is 0 Å². The molecule has 1 aliphatic rings. The number of hydrogen-bond acceptors (Lipinski definition) is 3. The predicted octanol–water partition coefficient (Wildman–Crippen LogP) is 2.06. The van der Waals surface area contributed by atoms with Crippen LogP contribution in [-0.2, 0) is 22.6 Å². The molecule has 0 unspecified atom stereocenters. The molecular formula is C16H24N2O2. The molecule has 2 rings (SSSR count). The Balaban J connectivity index is 1.93. The second-order valence-corrected chi connectivity index (χ2v) is 5.69. The van der Waals surface area contributed by atoms with Gasteiger partial charge in [-0.1, -0.05) is 24.3 Å². The number of rotatable bonds is 6. The van der Waals surface area contributed by atoms with E-state index in [2.05, 4.69) is 6.07 Å². The Bertz CT molecular complexity index is 464. The van der Waals surface area contributed by atoms with Crippen LogP contribution in [-0.4, -0.2) is 30.6 Å². The molecule has 0 heterocycles. The van der Waals surface area contributed by atoms with Crippen LogP contribution in [0.2, 0.25) is 0 Å². The quantitative estimate of drug-likeness (QED) is 0.865. The molecule has 1 aromatic carbocycles. The number of carbonyl (C=O) groups is 1. The van der Waals surface area contributed by atoms with Gasteiger partial charge in [0.1, 0.15) is 0 Å². The summed E-state index contributed by atoms with van der Waals surface area (Å²) in [7, 11) is 3.55. The fourth-order valence-corrected chi connectivity index (χ4v) is 2.65.